The number of halogens is 3. The Kier molecular flexibility index (Phi) is 3.95. The smallest absolute Gasteiger partial charge is 0.425 e. The van der Waals surface area contributed by atoms with Gasteiger partial charge in [-0.25, -0.2) is 9.59 Å². The molecule has 0 aliphatic heterocycles. The SMILES string of the molecule is CC(OC(=O)c1ccccc1C(=O)O)C(F)(F)F. The van der Waals surface area contributed by atoms with Crippen LogP contribution in [0.5, 0.6) is 0 Å². The number of aromatic carboxylic acids is 1. The Hall–Kier alpha value is -2.05. The van der Waals surface area contributed by atoms with Crippen LogP contribution >= 0.6 is 0 Å². The summed E-state index contributed by atoms with van der Waals surface area (Å²) < 4.78 is 40.7. The fraction of sp³-hybridized carbons (Fsp3) is 0.273. The van der Waals surface area contributed by atoms with Crippen LogP contribution < -0.4 is 0 Å². The van der Waals surface area contributed by atoms with Crippen LogP contribution in [0.3, 0.4) is 0 Å². The summed E-state index contributed by atoms with van der Waals surface area (Å²) >= 11 is 0. The number of alkyl halides is 3. The summed E-state index contributed by atoms with van der Waals surface area (Å²) in [6.45, 7) is 0.668. The summed E-state index contributed by atoms with van der Waals surface area (Å²) in [5.74, 6) is -2.74. The van der Waals surface area contributed by atoms with E-state index in [1.165, 1.54) is 12.1 Å². The Morgan fingerprint density at radius 2 is 1.72 bits per heavy atom. The Balaban J connectivity index is 2.95. The highest BCUT2D eigenvalue weighted by Gasteiger charge is 2.39. The fourth-order valence-electron chi connectivity index (χ4n) is 1.14. The van der Waals surface area contributed by atoms with E-state index >= 15 is 0 Å². The Morgan fingerprint density at radius 3 is 2.17 bits per heavy atom. The number of benzene rings is 1. The number of hydrogen-bond acceptors (Lipinski definition) is 3. The number of ether oxygens (including phenoxy) is 1. The van der Waals surface area contributed by atoms with Crippen molar-refractivity contribution in [3.8, 4) is 0 Å². The second-order valence-electron chi connectivity index (χ2n) is 3.44. The highest BCUT2D eigenvalue weighted by Crippen LogP contribution is 2.23. The molecule has 1 atom stereocenters. The molecule has 0 spiro atoms. The van der Waals surface area contributed by atoms with E-state index < -0.39 is 35.3 Å². The van der Waals surface area contributed by atoms with Gasteiger partial charge in [0, 0.05) is 0 Å². The molecule has 1 rings (SSSR count). The number of carbonyl (C=O) groups is 2. The number of carboxylic acid groups (broad SMARTS) is 1. The second-order valence-corrected chi connectivity index (χ2v) is 3.44. The van der Waals surface area contributed by atoms with Crippen molar-refractivity contribution >= 4 is 11.9 Å². The Bertz CT molecular complexity index is 468. The molecule has 0 bridgehead atoms. The van der Waals surface area contributed by atoms with Crippen LogP contribution in [0, 0.1) is 0 Å². The van der Waals surface area contributed by atoms with E-state index in [0.717, 1.165) is 12.1 Å². The molecule has 0 fully saturated rings. The molecular weight excluding hydrogens is 253 g/mol. The molecule has 0 radical (unpaired) electrons. The summed E-state index contributed by atoms with van der Waals surface area (Å²) in [4.78, 5) is 22.2. The number of esters is 1. The maximum atomic E-state index is 12.2. The molecule has 0 heterocycles. The minimum atomic E-state index is -4.69. The molecule has 0 amide bonds. The molecule has 0 saturated heterocycles. The van der Waals surface area contributed by atoms with Gasteiger partial charge in [0.1, 0.15) is 0 Å². The third-order valence-electron chi connectivity index (χ3n) is 2.12. The number of hydrogen-bond donors (Lipinski definition) is 1. The van der Waals surface area contributed by atoms with Crippen LogP contribution in [-0.2, 0) is 4.74 Å². The Labute approximate surface area is 100.0 Å². The third-order valence-corrected chi connectivity index (χ3v) is 2.12. The van der Waals surface area contributed by atoms with Crippen molar-refractivity contribution in [1.82, 2.24) is 0 Å². The maximum absolute atomic E-state index is 12.2. The molecule has 18 heavy (non-hydrogen) atoms. The molecule has 7 heteroatoms. The van der Waals surface area contributed by atoms with Crippen LogP contribution in [0.2, 0.25) is 0 Å². The van der Waals surface area contributed by atoms with Gasteiger partial charge in [0.25, 0.3) is 0 Å². The standard InChI is InChI=1S/C11H9F3O4/c1-6(11(12,13)14)18-10(17)8-5-3-2-4-7(8)9(15)16/h2-6H,1H3,(H,15,16). The van der Waals surface area contributed by atoms with Gasteiger partial charge >= 0.3 is 18.1 Å². The van der Waals surface area contributed by atoms with E-state index in [-0.39, 0.29) is 0 Å². The van der Waals surface area contributed by atoms with Gasteiger partial charge in [-0.1, -0.05) is 12.1 Å². The van der Waals surface area contributed by atoms with E-state index in [2.05, 4.69) is 4.74 Å². The molecule has 1 aromatic rings. The molecule has 0 aliphatic carbocycles. The van der Waals surface area contributed by atoms with Gasteiger partial charge in [0.15, 0.2) is 6.10 Å². The monoisotopic (exact) mass is 262 g/mol. The summed E-state index contributed by atoms with van der Waals surface area (Å²) in [5, 5.41) is 8.78. The predicted octanol–water partition coefficient (Wildman–Crippen LogP) is 2.49. The molecule has 4 nitrogen and oxygen atoms in total. The normalized spacial score (nSPS) is 12.9. The average molecular weight is 262 g/mol. The van der Waals surface area contributed by atoms with Gasteiger partial charge in [-0.15, -0.1) is 0 Å². The van der Waals surface area contributed by atoms with Crippen molar-refractivity contribution < 1.29 is 32.6 Å². The van der Waals surface area contributed by atoms with Crippen molar-refractivity contribution in [1.29, 1.82) is 0 Å². The summed E-state index contributed by atoms with van der Waals surface area (Å²) in [5.41, 5.74) is -0.821. The predicted molar refractivity (Wildman–Crippen MR) is 54.3 cm³/mol. The summed E-state index contributed by atoms with van der Waals surface area (Å²) in [6, 6.07) is 4.89. The minimum Gasteiger partial charge on any atom is -0.478 e. The first-order chi connectivity index (χ1) is 8.23. The van der Waals surface area contributed by atoms with Crippen molar-refractivity contribution in [3.63, 3.8) is 0 Å². The molecular formula is C11H9F3O4. The lowest BCUT2D eigenvalue weighted by Crippen LogP contribution is -2.31. The summed E-state index contributed by atoms with van der Waals surface area (Å²) in [6.07, 6.45) is -6.99. The number of carbonyl (C=O) groups excluding carboxylic acids is 1. The molecule has 98 valence electrons. The molecule has 1 unspecified atom stereocenters. The Morgan fingerprint density at radius 1 is 1.22 bits per heavy atom. The lowest BCUT2D eigenvalue weighted by Gasteiger charge is -2.16. The van der Waals surface area contributed by atoms with E-state index in [9.17, 15) is 22.8 Å². The summed E-state index contributed by atoms with van der Waals surface area (Å²) in [7, 11) is 0. The quantitative estimate of drug-likeness (QED) is 0.850. The molecule has 0 aliphatic rings. The molecule has 0 aromatic heterocycles. The van der Waals surface area contributed by atoms with Gasteiger partial charge in [-0.3, -0.25) is 0 Å². The highest BCUT2D eigenvalue weighted by atomic mass is 19.4. The van der Waals surface area contributed by atoms with Crippen LogP contribution in [0.4, 0.5) is 13.2 Å². The van der Waals surface area contributed by atoms with E-state index in [4.69, 9.17) is 5.11 Å². The zero-order chi connectivity index (χ0) is 13.9. The average Bonchev–Trinajstić information content (AvgIpc) is 2.27. The van der Waals surface area contributed by atoms with Crippen molar-refractivity contribution in [3.05, 3.63) is 35.4 Å². The van der Waals surface area contributed by atoms with Crippen LogP contribution in [0.25, 0.3) is 0 Å². The minimum absolute atomic E-state index is 0.406. The van der Waals surface area contributed by atoms with Crippen LogP contribution in [-0.4, -0.2) is 29.3 Å². The van der Waals surface area contributed by atoms with E-state index in [1.54, 1.807) is 0 Å². The van der Waals surface area contributed by atoms with Gasteiger partial charge in [0.05, 0.1) is 11.1 Å². The first-order valence-corrected chi connectivity index (χ1v) is 4.83. The zero-order valence-electron chi connectivity index (χ0n) is 9.19. The van der Waals surface area contributed by atoms with Crippen molar-refractivity contribution in [2.24, 2.45) is 0 Å². The van der Waals surface area contributed by atoms with E-state index in [0.29, 0.717) is 6.92 Å². The third kappa shape index (κ3) is 3.22. The van der Waals surface area contributed by atoms with Gasteiger partial charge < -0.3 is 9.84 Å². The highest BCUT2D eigenvalue weighted by molar-refractivity contribution is 6.02. The molecule has 1 N–H and O–H groups in total. The van der Waals surface area contributed by atoms with Gasteiger partial charge in [0.2, 0.25) is 0 Å². The van der Waals surface area contributed by atoms with Crippen molar-refractivity contribution in [2.45, 2.75) is 19.2 Å². The number of carboxylic acids is 1. The second kappa shape index (κ2) is 5.07. The zero-order valence-corrected chi connectivity index (χ0v) is 9.19. The fourth-order valence-corrected chi connectivity index (χ4v) is 1.14. The first-order valence-electron chi connectivity index (χ1n) is 4.83. The maximum Gasteiger partial charge on any atom is 0.425 e. The van der Waals surface area contributed by atoms with Gasteiger partial charge in [-0.2, -0.15) is 13.2 Å². The molecule has 0 saturated carbocycles. The van der Waals surface area contributed by atoms with E-state index in [1.807, 2.05) is 0 Å². The lowest BCUT2D eigenvalue weighted by atomic mass is 10.1. The molecule has 1 aromatic carbocycles. The number of rotatable bonds is 3. The van der Waals surface area contributed by atoms with Crippen molar-refractivity contribution in [2.75, 3.05) is 0 Å². The topological polar surface area (TPSA) is 63.6 Å². The van der Waals surface area contributed by atoms with Crippen LogP contribution in [0.1, 0.15) is 27.6 Å². The first kappa shape index (κ1) is 14.0. The largest absolute Gasteiger partial charge is 0.478 e. The van der Waals surface area contributed by atoms with Crippen LogP contribution in [0.15, 0.2) is 24.3 Å². The lowest BCUT2D eigenvalue weighted by molar-refractivity contribution is -0.198. The van der Waals surface area contributed by atoms with Gasteiger partial charge in [-0.05, 0) is 19.1 Å².